The monoisotopic (exact) mass is 492 g/mol. The van der Waals surface area contributed by atoms with Gasteiger partial charge in [-0.15, -0.1) is 0 Å². The fourth-order valence-corrected chi connectivity index (χ4v) is 4.15. The molecule has 2 aromatic carbocycles. The summed E-state index contributed by atoms with van der Waals surface area (Å²) in [4.78, 5) is 12.4. The summed E-state index contributed by atoms with van der Waals surface area (Å²) in [6, 6.07) is 10.5. The average molecular weight is 493 g/mol. The molecule has 0 heterocycles. The van der Waals surface area contributed by atoms with Gasteiger partial charge in [-0.05, 0) is 84.0 Å². The molecule has 0 bridgehead atoms. The van der Waals surface area contributed by atoms with Crippen molar-refractivity contribution in [2.75, 3.05) is 22.4 Å². The van der Waals surface area contributed by atoms with Crippen LogP contribution in [0.1, 0.15) is 11.1 Å². The summed E-state index contributed by atoms with van der Waals surface area (Å²) < 4.78 is 26.5. The van der Waals surface area contributed by atoms with E-state index >= 15 is 0 Å². The number of anilines is 2. The first-order valence-electron chi connectivity index (χ1n) is 7.38. The number of nitrogens with zero attached hydrogens (tertiary/aromatic N) is 1. The van der Waals surface area contributed by atoms with E-state index in [0.717, 1.165) is 19.7 Å². The highest BCUT2D eigenvalue weighted by Crippen LogP contribution is 2.26. The van der Waals surface area contributed by atoms with E-state index in [2.05, 4.69) is 27.9 Å². The van der Waals surface area contributed by atoms with Crippen LogP contribution in [0.25, 0.3) is 0 Å². The van der Waals surface area contributed by atoms with Crippen LogP contribution in [0.15, 0.2) is 36.4 Å². The van der Waals surface area contributed by atoms with Crippen molar-refractivity contribution in [2.24, 2.45) is 0 Å². The molecule has 0 spiro atoms. The van der Waals surface area contributed by atoms with Gasteiger partial charge in [-0.1, -0.05) is 11.6 Å². The van der Waals surface area contributed by atoms with Gasteiger partial charge in [0.2, 0.25) is 15.9 Å². The normalized spacial score (nSPS) is 11.2. The largest absolute Gasteiger partial charge is 0.324 e. The number of rotatable bonds is 5. The second kappa shape index (κ2) is 7.92. The van der Waals surface area contributed by atoms with Gasteiger partial charge in [-0.25, -0.2) is 8.42 Å². The van der Waals surface area contributed by atoms with E-state index < -0.39 is 15.9 Å². The molecule has 1 N–H and O–H groups in total. The standard InChI is InChI=1S/C17H18ClIN2O3S/c1-11-9-14(19)5-6-15(11)20-17(22)10-21(25(3,23)24)16-7-4-13(18)8-12(16)2/h4-9H,10H2,1-3H3,(H,20,22). The van der Waals surface area contributed by atoms with E-state index in [1.165, 1.54) is 0 Å². The SMILES string of the molecule is Cc1cc(I)ccc1NC(=O)CN(c1ccc(Cl)cc1C)S(C)(=O)=O. The summed E-state index contributed by atoms with van der Waals surface area (Å²) in [5, 5.41) is 3.27. The van der Waals surface area contributed by atoms with E-state index in [9.17, 15) is 13.2 Å². The Bertz CT molecular complexity index is 916. The molecule has 0 saturated carbocycles. The maximum atomic E-state index is 12.4. The topological polar surface area (TPSA) is 66.5 Å². The third-order valence-corrected chi connectivity index (χ3v) is 5.61. The summed E-state index contributed by atoms with van der Waals surface area (Å²) in [5.41, 5.74) is 2.68. The molecule has 5 nitrogen and oxygen atoms in total. The number of nitrogens with one attached hydrogen (secondary N) is 1. The molecule has 2 rings (SSSR count). The van der Waals surface area contributed by atoms with Crippen LogP contribution in [0.4, 0.5) is 11.4 Å². The molecular formula is C17H18ClIN2O3S. The zero-order chi connectivity index (χ0) is 18.8. The predicted octanol–water partition coefficient (Wildman–Crippen LogP) is 3.97. The predicted molar refractivity (Wildman–Crippen MR) is 111 cm³/mol. The Morgan fingerprint density at radius 2 is 1.84 bits per heavy atom. The van der Waals surface area contributed by atoms with Crippen molar-refractivity contribution in [2.45, 2.75) is 13.8 Å². The van der Waals surface area contributed by atoms with Gasteiger partial charge in [0.1, 0.15) is 6.54 Å². The molecule has 8 heteroatoms. The minimum absolute atomic E-state index is 0.313. The van der Waals surface area contributed by atoms with Gasteiger partial charge in [0.15, 0.2) is 0 Å². The van der Waals surface area contributed by atoms with Crippen molar-refractivity contribution in [1.29, 1.82) is 0 Å². The quantitative estimate of drug-likeness (QED) is 0.643. The number of amides is 1. The first-order chi connectivity index (χ1) is 11.6. The van der Waals surface area contributed by atoms with Crippen LogP contribution in [0.3, 0.4) is 0 Å². The minimum atomic E-state index is -3.63. The molecule has 0 aliphatic heterocycles. The van der Waals surface area contributed by atoms with Gasteiger partial charge in [0.05, 0.1) is 11.9 Å². The number of halogens is 2. The van der Waals surface area contributed by atoms with E-state index in [-0.39, 0.29) is 6.54 Å². The number of hydrogen-bond donors (Lipinski definition) is 1. The molecule has 0 aliphatic carbocycles. The van der Waals surface area contributed by atoms with Crippen LogP contribution in [0, 0.1) is 17.4 Å². The Labute approximate surface area is 166 Å². The van der Waals surface area contributed by atoms with E-state index in [1.807, 2.05) is 19.1 Å². The second-order valence-corrected chi connectivity index (χ2v) is 9.30. The van der Waals surface area contributed by atoms with Gasteiger partial charge < -0.3 is 5.32 Å². The fourth-order valence-electron chi connectivity index (χ4n) is 2.37. The Morgan fingerprint density at radius 3 is 2.40 bits per heavy atom. The maximum Gasteiger partial charge on any atom is 0.245 e. The van der Waals surface area contributed by atoms with Gasteiger partial charge >= 0.3 is 0 Å². The van der Waals surface area contributed by atoms with Crippen molar-refractivity contribution in [1.82, 2.24) is 0 Å². The lowest BCUT2D eigenvalue weighted by atomic mass is 10.2. The van der Waals surface area contributed by atoms with Crippen LogP contribution in [-0.4, -0.2) is 27.1 Å². The third kappa shape index (κ3) is 5.32. The van der Waals surface area contributed by atoms with Crippen LogP contribution in [-0.2, 0) is 14.8 Å². The molecule has 0 unspecified atom stereocenters. The summed E-state index contributed by atoms with van der Waals surface area (Å²) >= 11 is 8.12. The molecule has 0 aromatic heterocycles. The van der Waals surface area contributed by atoms with Crippen LogP contribution in [0.2, 0.25) is 5.02 Å². The van der Waals surface area contributed by atoms with Crippen molar-refractivity contribution >= 4 is 61.5 Å². The number of benzene rings is 2. The fraction of sp³-hybridized carbons (Fsp3) is 0.235. The number of carbonyl (C=O) groups is 1. The number of hydrogen-bond acceptors (Lipinski definition) is 3. The highest BCUT2D eigenvalue weighted by atomic mass is 127. The lowest BCUT2D eigenvalue weighted by Crippen LogP contribution is -2.38. The molecular weight excluding hydrogens is 475 g/mol. The maximum absolute atomic E-state index is 12.4. The Kier molecular flexibility index (Phi) is 6.34. The van der Waals surface area contributed by atoms with E-state index in [0.29, 0.717) is 22.0 Å². The van der Waals surface area contributed by atoms with Gasteiger partial charge in [0, 0.05) is 14.3 Å². The van der Waals surface area contributed by atoms with Gasteiger partial charge in [-0.3, -0.25) is 9.10 Å². The van der Waals surface area contributed by atoms with Crippen molar-refractivity contribution < 1.29 is 13.2 Å². The third-order valence-electron chi connectivity index (χ3n) is 3.58. The zero-order valence-electron chi connectivity index (χ0n) is 14.0. The van der Waals surface area contributed by atoms with Crippen LogP contribution < -0.4 is 9.62 Å². The summed E-state index contributed by atoms with van der Waals surface area (Å²) in [6.07, 6.45) is 1.07. The Hall–Kier alpha value is -1.32. The van der Waals surface area contributed by atoms with Gasteiger partial charge in [-0.2, -0.15) is 0 Å². The lowest BCUT2D eigenvalue weighted by molar-refractivity contribution is -0.114. The highest BCUT2D eigenvalue weighted by Gasteiger charge is 2.22. The summed E-state index contributed by atoms with van der Waals surface area (Å²) in [6.45, 7) is 3.32. The van der Waals surface area contributed by atoms with Crippen molar-refractivity contribution in [3.8, 4) is 0 Å². The molecule has 2 aromatic rings. The first kappa shape index (κ1) is 20.0. The second-order valence-electron chi connectivity index (χ2n) is 5.71. The number of sulfonamides is 1. The van der Waals surface area contributed by atoms with Crippen molar-refractivity contribution in [3.63, 3.8) is 0 Å². The summed E-state index contributed by atoms with van der Waals surface area (Å²) in [5.74, 6) is -0.413. The van der Waals surface area contributed by atoms with E-state index in [1.54, 1.807) is 31.2 Å². The number of carbonyl (C=O) groups excluding carboxylic acids is 1. The highest BCUT2D eigenvalue weighted by molar-refractivity contribution is 14.1. The molecule has 0 aliphatic rings. The molecule has 0 radical (unpaired) electrons. The minimum Gasteiger partial charge on any atom is -0.324 e. The van der Waals surface area contributed by atoms with Crippen molar-refractivity contribution in [3.05, 3.63) is 56.1 Å². The Morgan fingerprint density at radius 1 is 1.16 bits per heavy atom. The lowest BCUT2D eigenvalue weighted by Gasteiger charge is -2.24. The molecule has 1 amide bonds. The Balaban J connectivity index is 2.27. The average Bonchev–Trinajstić information content (AvgIpc) is 2.47. The molecule has 25 heavy (non-hydrogen) atoms. The molecule has 0 fully saturated rings. The first-order valence-corrected chi connectivity index (χ1v) is 10.7. The van der Waals surface area contributed by atoms with E-state index in [4.69, 9.17) is 11.6 Å². The van der Waals surface area contributed by atoms with Gasteiger partial charge in [0.25, 0.3) is 0 Å². The van der Waals surface area contributed by atoms with Crippen LogP contribution >= 0.6 is 34.2 Å². The summed E-state index contributed by atoms with van der Waals surface area (Å²) in [7, 11) is -3.63. The zero-order valence-corrected chi connectivity index (χ0v) is 17.7. The molecule has 134 valence electrons. The molecule has 0 saturated heterocycles. The molecule has 0 atom stereocenters. The van der Waals surface area contributed by atoms with Crippen LogP contribution in [0.5, 0.6) is 0 Å². The smallest absolute Gasteiger partial charge is 0.245 e. The number of aryl methyl sites for hydroxylation is 2.